The Bertz CT molecular complexity index is 477. The number of nitrogens with two attached hydrogens (primary N) is 1. The van der Waals surface area contributed by atoms with Gasteiger partial charge in [0.15, 0.2) is 0 Å². The summed E-state index contributed by atoms with van der Waals surface area (Å²) in [6, 6.07) is 2.01. The maximum Gasteiger partial charge on any atom is 0.217 e. The summed E-state index contributed by atoms with van der Waals surface area (Å²) in [6.45, 7) is 3.60. The van der Waals surface area contributed by atoms with Gasteiger partial charge in [0.1, 0.15) is 11.2 Å². The number of aryl methyl sites for hydroxylation is 1. The van der Waals surface area contributed by atoms with Gasteiger partial charge in [0, 0.05) is 12.1 Å². The molecule has 0 saturated carbocycles. The maximum atomic E-state index is 10.7. The summed E-state index contributed by atoms with van der Waals surface area (Å²) in [5.74, 6) is -0.368. The Morgan fingerprint density at radius 1 is 1.56 bits per heavy atom. The van der Waals surface area contributed by atoms with Gasteiger partial charge in [-0.2, -0.15) is 5.26 Å². The number of halogens is 1. The number of carbonyl (C=O) groups excluding carboxylic acids is 1. The van der Waals surface area contributed by atoms with Crippen LogP contribution in [0.15, 0.2) is 0 Å². The van der Waals surface area contributed by atoms with Crippen molar-refractivity contribution in [1.29, 1.82) is 5.26 Å². The number of nitriles is 1. The number of carbonyl (C=O) groups is 1. The summed E-state index contributed by atoms with van der Waals surface area (Å²) in [4.78, 5) is 14.8. The molecule has 16 heavy (non-hydrogen) atoms. The zero-order chi connectivity index (χ0) is 12.3. The molecule has 5 heteroatoms. The van der Waals surface area contributed by atoms with Crippen molar-refractivity contribution in [3.63, 3.8) is 0 Å². The highest BCUT2D eigenvalue weighted by atomic mass is 35.5. The lowest BCUT2D eigenvalue weighted by molar-refractivity contribution is -0.117. The first kappa shape index (κ1) is 12.5. The van der Waals surface area contributed by atoms with Crippen LogP contribution in [0.4, 0.5) is 0 Å². The molecule has 0 aliphatic rings. The zero-order valence-corrected chi connectivity index (χ0v) is 9.93. The fourth-order valence-corrected chi connectivity index (χ4v) is 1.90. The second-order valence-corrected chi connectivity index (χ2v) is 3.90. The van der Waals surface area contributed by atoms with E-state index in [0.29, 0.717) is 12.0 Å². The lowest BCUT2D eigenvalue weighted by Crippen LogP contribution is -2.12. The highest BCUT2D eigenvalue weighted by Crippen LogP contribution is 2.23. The topological polar surface area (TPSA) is 79.8 Å². The molecule has 2 N–H and O–H groups in total. The van der Waals surface area contributed by atoms with Crippen molar-refractivity contribution < 1.29 is 4.79 Å². The van der Waals surface area contributed by atoms with Crippen LogP contribution in [0, 0.1) is 25.2 Å². The van der Waals surface area contributed by atoms with E-state index >= 15 is 0 Å². The third-order valence-electron chi connectivity index (χ3n) is 2.47. The molecule has 0 bridgehead atoms. The van der Waals surface area contributed by atoms with Gasteiger partial charge in [-0.1, -0.05) is 11.6 Å². The molecule has 1 amide bonds. The number of rotatable bonds is 3. The average Bonchev–Trinajstić information content (AvgIpc) is 2.16. The molecule has 1 aromatic heterocycles. The standard InChI is InChI=1S/C11H12ClN3O/c1-6-8(3-4-10(14)16)7(2)15-11(12)9(6)5-13/h3-4H2,1-2H3,(H2,14,16). The van der Waals surface area contributed by atoms with Crippen molar-refractivity contribution in [3.8, 4) is 6.07 Å². The van der Waals surface area contributed by atoms with E-state index in [1.807, 2.05) is 6.07 Å². The van der Waals surface area contributed by atoms with Crippen molar-refractivity contribution in [2.75, 3.05) is 0 Å². The Morgan fingerprint density at radius 2 is 2.19 bits per heavy atom. The predicted molar refractivity (Wildman–Crippen MR) is 61.0 cm³/mol. The van der Waals surface area contributed by atoms with E-state index in [-0.39, 0.29) is 17.5 Å². The minimum atomic E-state index is -0.368. The summed E-state index contributed by atoms with van der Waals surface area (Å²) >= 11 is 5.84. The number of hydrogen-bond donors (Lipinski definition) is 1. The van der Waals surface area contributed by atoms with Crippen LogP contribution in [-0.4, -0.2) is 10.9 Å². The predicted octanol–water partition coefficient (Wildman–Crippen LogP) is 1.64. The van der Waals surface area contributed by atoms with Gasteiger partial charge >= 0.3 is 0 Å². The highest BCUT2D eigenvalue weighted by Gasteiger charge is 2.13. The molecule has 0 atom stereocenters. The van der Waals surface area contributed by atoms with Gasteiger partial charge in [-0.3, -0.25) is 4.79 Å². The Balaban J connectivity index is 3.19. The summed E-state index contributed by atoms with van der Waals surface area (Å²) in [6.07, 6.45) is 0.738. The number of primary amides is 1. The van der Waals surface area contributed by atoms with Crippen molar-refractivity contribution >= 4 is 17.5 Å². The lowest BCUT2D eigenvalue weighted by atomic mass is 9.99. The minimum Gasteiger partial charge on any atom is -0.370 e. The lowest BCUT2D eigenvalue weighted by Gasteiger charge is -2.10. The second-order valence-electron chi connectivity index (χ2n) is 3.54. The van der Waals surface area contributed by atoms with Gasteiger partial charge < -0.3 is 5.73 Å². The molecule has 0 aliphatic carbocycles. The van der Waals surface area contributed by atoms with Crippen molar-refractivity contribution in [3.05, 3.63) is 27.5 Å². The first-order valence-electron chi connectivity index (χ1n) is 4.81. The molecule has 0 aromatic carbocycles. The fourth-order valence-electron chi connectivity index (χ4n) is 1.59. The van der Waals surface area contributed by atoms with E-state index in [1.54, 1.807) is 13.8 Å². The van der Waals surface area contributed by atoms with Crippen LogP contribution in [0.25, 0.3) is 0 Å². The summed E-state index contributed by atoms with van der Waals surface area (Å²) in [5.41, 5.74) is 7.85. The molecule has 0 unspecified atom stereocenters. The zero-order valence-electron chi connectivity index (χ0n) is 9.17. The van der Waals surface area contributed by atoms with Gasteiger partial charge in [-0.25, -0.2) is 4.98 Å². The summed E-state index contributed by atoms with van der Waals surface area (Å²) in [5, 5.41) is 9.13. The molecule has 1 aromatic rings. The van der Waals surface area contributed by atoms with E-state index in [0.717, 1.165) is 16.8 Å². The van der Waals surface area contributed by atoms with E-state index in [9.17, 15) is 4.79 Å². The molecule has 0 spiro atoms. The van der Waals surface area contributed by atoms with Crippen LogP contribution >= 0.6 is 11.6 Å². The largest absolute Gasteiger partial charge is 0.370 e. The van der Waals surface area contributed by atoms with Crippen molar-refractivity contribution in [2.24, 2.45) is 5.73 Å². The van der Waals surface area contributed by atoms with Gasteiger partial charge in [0.05, 0.1) is 5.56 Å². The number of nitrogens with zero attached hydrogens (tertiary/aromatic N) is 2. The Kier molecular flexibility index (Phi) is 3.86. The minimum absolute atomic E-state index is 0.209. The molecule has 0 radical (unpaired) electrons. The number of aromatic nitrogens is 1. The first-order chi connectivity index (χ1) is 7.47. The molecule has 1 heterocycles. The molecular weight excluding hydrogens is 226 g/mol. The third-order valence-corrected chi connectivity index (χ3v) is 2.74. The van der Waals surface area contributed by atoms with Crippen LogP contribution in [0.2, 0.25) is 5.15 Å². The van der Waals surface area contributed by atoms with E-state index in [4.69, 9.17) is 22.6 Å². The maximum absolute atomic E-state index is 10.7. The van der Waals surface area contributed by atoms with Gasteiger partial charge in [-0.15, -0.1) is 0 Å². The Morgan fingerprint density at radius 3 is 2.69 bits per heavy atom. The molecule has 1 rings (SSSR count). The van der Waals surface area contributed by atoms with Crippen LogP contribution < -0.4 is 5.73 Å². The quantitative estimate of drug-likeness (QED) is 0.812. The molecule has 0 fully saturated rings. The van der Waals surface area contributed by atoms with Crippen LogP contribution in [-0.2, 0) is 11.2 Å². The Hall–Kier alpha value is -1.60. The normalized spacial score (nSPS) is 9.88. The molecule has 0 saturated heterocycles. The highest BCUT2D eigenvalue weighted by molar-refractivity contribution is 6.30. The summed E-state index contributed by atoms with van der Waals surface area (Å²) < 4.78 is 0. The number of amides is 1. The third kappa shape index (κ3) is 2.50. The molecular formula is C11H12ClN3O. The van der Waals surface area contributed by atoms with Crippen LogP contribution in [0.1, 0.15) is 28.8 Å². The first-order valence-corrected chi connectivity index (χ1v) is 5.19. The van der Waals surface area contributed by atoms with Crippen molar-refractivity contribution in [2.45, 2.75) is 26.7 Å². The van der Waals surface area contributed by atoms with E-state index < -0.39 is 0 Å². The van der Waals surface area contributed by atoms with E-state index in [2.05, 4.69) is 4.98 Å². The van der Waals surface area contributed by atoms with Gasteiger partial charge in [-0.05, 0) is 31.4 Å². The van der Waals surface area contributed by atoms with Gasteiger partial charge in [0.2, 0.25) is 5.91 Å². The average molecular weight is 238 g/mol. The van der Waals surface area contributed by atoms with Crippen molar-refractivity contribution in [1.82, 2.24) is 4.98 Å². The second kappa shape index (κ2) is 4.95. The van der Waals surface area contributed by atoms with Crippen LogP contribution in [0.3, 0.4) is 0 Å². The fraction of sp³-hybridized carbons (Fsp3) is 0.364. The Labute approximate surface area is 99.0 Å². The summed E-state index contributed by atoms with van der Waals surface area (Å²) in [7, 11) is 0. The van der Waals surface area contributed by atoms with Gasteiger partial charge in [0.25, 0.3) is 0 Å². The molecule has 84 valence electrons. The van der Waals surface area contributed by atoms with E-state index in [1.165, 1.54) is 0 Å². The van der Waals surface area contributed by atoms with Crippen LogP contribution in [0.5, 0.6) is 0 Å². The number of pyridine rings is 1. The molecule has 4 nitrogen and oxygen atoms in total. The monoisotopic (exact) mass is 237 g/mol. The smallest absolute Gasteiger partial charge is 0.217 e. The molecule has 0 aliphatic heterocycles. The number of hydrogen-bond acceptors (Lipinski definition) is 3. The SMILES string of the molecule is Cc1nc(Cl)c(C#N)c(C)c1CCC(N)=O.